The molecule has 3 aromatic carbocycles. The number of aryl methyl sites for hydroxylation is 1. The van der Waals surface area contributed by atoms with Gasteiger partial charge in [0.05, 0.1) is 41.7 Å². The maximum atomic E-state index is 13.7. The molecule has 0 aliphatic carbocycles. The number of ether oxygens (including phenoxy) is 3. The van der Waals surface area contributed by atoms with E-state index in [0.717, 1.165) is 29.5 Å². The summed E-state index contributed by atoms with van der Waals surface area (Å²) in [7, 11) is 0. The molecule has 9 heteroatoms. The maximum absolute atomic E-state index is 13.7. The maximum Gasteiger partial charge on any atom is 0.301 e. The molecular weight excluding hydrogens is 564 g/mol. The fourth-order valence-corrected chi connectivity index (χ4v) is 6.10. The van der Waals surface area contributed by atoms with Gasteiger partial charge >= 0.3 is 5.91 Å². The van der Waals surface area contributed by atoms with Crippen LogP contribution in [0.15, 0.2) is 66.2 Å². The molecule has 2 heterocycles. The minimum atomic E-state index is -0.943. The second kappa shape index (κ2) is 13.3. The highest BCUT2D eigenvalue weighted by Crippen LogP contribution is 2.46. The summed E-state index contributed by atoms with van der Waals surface area (Å²) in [6.07, 6.45) is 3.06. The number of ketones is 1. The van der Waals surface area contributed by atoms with Crippen molar-refractivity contribution in [2.24, 2.45) is 0 Å². The minimum absolute atomic E-state index is 0.0119. The second-order valence-electron chi connectivity index (χ2n) is 10.3. The molecule has 0 spiro atoms. The lowest BCUT2D eigenvalue weighted by molar-refractivity contribution is -0.132. The molecule has 1 fully saturated rings. The molecule has 8 nitrogen and oxygen atoms in total. The number of Topliss-reactive ketones (excluding diaryl/α,β-unsaturated/α-hetero) is 1. The number of thiazole rings is 1. The van der Waals surface area contributed by atoms with Crippen molar-refractivity contribution in [3.05, 3.63) is 82.9 Å². The average molecular weight is 601 g/mol. The van der Waals surface area contributed by atoms with Crippen LogP contribution in [0.5, 0.6) is 17.2 Å². The standard InChI is InChI=1S/C34H36N2O6S/c1-5-8-9-18-42-26-17-14-23(19-27(26)41-7-3)30-29(31(37)22-12-10-21(4)11-13-22)32(38)33(39)36(30)34-35-25-16-15-24(40-6-2)20-28(25)43-34/h10-17,19-20,30,37H,5-9,18H2,1-4H3/b31-29+. The van der Waals surface area contributed by atoms with Crippen molar-refractivity contribution in [3.63, 3.8) is 0 Å². The first-order valence-corrected chi connectivity index (χ1v) is 15.5. The van der Waals surface area contributed by atoms with Crippen LogP contribution >= 0.6 is 11.3 Å². The Kier molecular flexibility index (Phi) is 9.31. The molecule has 5 rings (SSSR count). The van der Waals surface area contributed by atoms with Gasteiger partial charge in [-0.25, -0.2) is 4.98 Å². The zero-order valence-electron chi connectivity index (χ0n) is 24.9. The Labute approximate surface area is 255 Å². The predicted octanol–water partition coefficient (Wildman–Crippen LogP) is 7.60. The Morgan fingerprint density at radius 2 is 1.67 bits per heavy atom. The second-order valence-corrected chi connectivity index (χ2v) is 11.3. The molecule has 4 aromatic rings. The lowest BCUT2D eigenvalue weighted by Crippen LogP contribution is -2.29. The van der Waals surface area contributed by atoms with Crippen molar-refractivity contribution in [3.8, 4) is 17.2 Å². The van der Waals surface area contributed by atoms with Gasteiger partial charge in [-0.2, -0.15) is 0 Å². The third kappa shape index (κ3) is 6.22. The minimum Gasteiger partial charge on any atom is -0.507 e. The molecule has 1 atom stereocenters. The van der Waals surface area contributed by atoms with Crippen molar-refractivity contribution in [1.82, 2.24) is 4.98 Å². The summed E-state index contributed by atoms with van der Waals surface area (Å²) in [5, 5.41) is 11.9. The number of benzene rings is 3. The predicted molar refractivity (Wildman–Crippen MR) is 169 cm³/mol. The largest absolute Gasteiger partial charge is 0.507 e. The van der Waals surface area contributed by atoms with E-state index in [2.05, 4.69) is 6.92 Å². The summed E-state index contributed by atoms with van der Waals surface area (Å²) >= 11 is 1.29. The molecule has 1 N–H and O–H groups in total. The van der Waals surface area contributed by atoms with Crippen molar-refractivity contribution in [2.45, 2.75) is 53.0 Å². The number of hydrogen-bond donors (Lipinski definition) is 1. The number of carbonyl (C=O) groups is 2. The molecule has 0 saturated carbocycles. The first-order valence-electron chi connectivity index (χ1n) is 14.7. The highest BCUT2D eigenvalue weighted by atomic mass is 32.1. The molecule has 1 unspecified atom stereocenters. The first kappa shape index (κ1) is 30.1. The Morgan fingerprint density at radius 3 is 2.40 bits per heavy atom. The highest BCUT2D eigenvalue weighted by Gasteiger charge is 2.48. The molecule has 0 bridgehead atoms. The van der Waals surface area contributed by atoms with Crippen LogP contribution < -0.4 is 19.1 Å². The van der Waals surface area contributed by atoms with Gasteiger partial charge in [-0.1, -0.05) is 67.0 Å². The SMILES string of the molecule is CCCCCOc1ccc(C2/C(=C(\O)c3ccc(C)cc3)C(=O)C(=O)N2c2nc3ccc(OCC)cc3s2)cc1OCC. The molecule has 1 amide bonds. The molecule has 224 valence electrons. The van der Waals surface area contributed by atoms with E-state index in [4.69, 9.17) is 19.2 Å². The van der Waals surface area contributed by atoms with Gasteiger partial charge in [0, 0.05) is 5.56 Å². The van der Waals surface area contributed by atoms with Crippen LogP contribution in [0.1, 0.15) is 62.8 Å². The lowest BCUT2D eigenvalue weighted by atomic mass is 9.95. The summed E-state index contributed by atoms with van der Waals surface area (Å²) in [6.45, 7) is 9.34. The van der Waals surface area contributed by atoms with Crippen LogP contribution in [-0.4, -0.2) is 41.6 Å². The molecule has 1 aliphatic rings. The number of aliphatic hydroxyl groups excluding tert-OH is 1. The van der Waals surface area contributed by atoms with Crippen LogP contribution in [0.4, 0.5) is 5.13 Å². The van der Waals surface area contributed by atoms with Crippen LogP contribution in [0, 0.1) is 6.92 Å². The number of unbranched alkanes of at least 4 members (excludes halogenated alkanes) is 2. The Bertz CT molecular complexity index is 1660. The monoisotopic (exact) mass is 600 g/mol. The number of aliphatic hydroxyl groups is 1. The summed E-state index contributed by atoms with van der Waals surface area (Å²) in [5.41, 5.74) is 2.70. The van der Waals surface area contributed by atoms with Gasteiger partial charge < -0.3 is 19.3 Å². The third-order valence-corrected chi connectivity index (χ3v) is 8.24. The smallest absolute Gasteiger partial charge is 0.301 e. The van der Waals surface area contributed by atoms with E-state index in [9.17, 15) is 14.7 Å². The van der Waals surface area contributed by atoms with Gasteiger partial charge in [0.2, 0.25) is 0 Å². The lowest BCUT2D eigenvalue weighted by Gasteiger charge is -2.24. The van der Waals surface area contributed by atoms with Crippen molar-refractivity contribution in [2.75, 3.05) is 24.7 Å². The van der Waals surface area contributed by atoms with Crippen LogP contribution in [0.25, 0.3) is 16.0 Å². The number of carbonyl (C=O) groups excluding carboxylic acids is 2. The van der Waals surface area contributed by atoms with Gasteiger partial charge in [-0.3, -0.25) is 14.5 Å². The zero-order chi connectivity index (χ0) is 30.5. The van der Waals surface area contributed by atoms with E-state index in [1.165, 1.54) is 16.2 Å². The number of anilines is 1. The topological polar surface area (TPSA) is 98.2 Å². The van der Waals surface area contributed by atoms with E-state index < -0.39 is 17.7 Å². The van der Waals surface area contributed by atoms with Crippen molar-refractivity contribution in [1.29, 1.82) is 0 Å². The molecule has 1 saturated heterocycles. The van der Waals surface area contributed by atoms with Crippen LogP contribution in [0.2, 0.25) is 0 Å². The number of nitrogens with zero attached hydrogens (tertiary/aromatic N) is 2. The highest BCUT2D eigenvalue weighted by molar-refractivity contribution is 7.22. The first-order chi connectivity index (χ1) is 20.9. The Balaban J connectivity index is 1.65. The molecule has 1 aliphatic heterocycles. The molecule has 0 radical (unpaired) electrons. The number of amides is 1. The Morgan fingerprint density at radius 1 is 0.907 bits per heavy atom. The molecular formula is C34H36N2O6S. The number of fused-ring (bicyclic) bond motifs is 1. The summed E-state index contributed by atoms with van der Waals surface area (Å²) in [6, 6.07) is 17.1. The average Bonchev–Trinajstić information content (AvgIpc) is 3.53. The van der Waals surface area contributed by atoms with E-state index in [-0.39, 0.29) is 11.3 Å². The van der Waals surface area contributed by atoms with Crippen molar-refractivity contribution >= 4 is 44.1 Å². The van der Waals surface area contributed by atoms with E-state index in [0.29, 0.717) is 58.8 Å². The Hall–Kier alpha value is -4.37. The van der Waals surface area contributed by atoms with Gasteiger partial charge in [-0.15, -0.1) is 0 Å². The quantitative estimate of drug-likeness (QED) is 0.0774. The fraction of sp³-hybridized carbons (Fsp3) is 0.324. The van der Waals surface area contributed by atoms with Gasteiger partial charge in [-0.05, 0) is 63.1 Å². The van der Waals surface area contributed by atoms with Gasteiger partial charge in [0.15, 0.2) is 16.6 Å². The van der Waals surface area contributed by atoms with E-state index in [1.54, 1.807) is 24.3 Å². The molecule has 1 aromatic heterocycles. The summed E-state index contributed by atoms with van der Waals surface area (Å²) in [5.74, 6) is -0.0120. The number of rotatable bonds is 12. The van der Waals surface area contributed by atoms with E-state index in [1.807, 2.05) is 57.2 Å². The van der Waals surface area contributed by atoms with Crippen LogP contribution in [-0.2, 0) is 9.59 Å². The number of hydrogen-bond acceptors (Lipinski definition) is 8. The summed E-state index contributed by atoms with van der Waals surface area (Å²) < 4.78 is 18.4. The zero-order valence-corrected chi connectivity index (χ0v) is 25.7. The van der Waals surface area contributed by atoms with Gasteiger partial charge in [0.1, 0.15) is 11.5 Å². The number of aromatic nitrogens is 1. The summed E-state index contributed by atoms with van der Waals surface area (Å²) in [4.78, 5) is 33.5. The van der Waals surface area contributed by atoms with E-state index >= 15 is 0 Å². The molecule has 43 heavy (non-hydrogen) atoms. The normalized spacial score (nSPS) is 16.2. The third-order valence-electron chi connectivity index (χ3n) is 7.22. The van der Waals surface area contributed by atoms with Crippen LogP contribution in [0.3, 0.4) is 0 Å². The fourth-order valence-electron chi connectivity index (χ4n) is 5.08. The van der Waals surface area contributed by atoms with Gasteiger partial charge in [0.25, 0.3) is 5.78 Å². The van der Waals surface area contributed by atoms with Crippen molar-refractivity contribution < 1.29 is 28.9 Å².